The van der Waals surface area contributed by atoms with Gasteiger partial charge in [-0.3, -0.25) is 14.2 Å². The van der Waals surface area contributed by atoms with Gasteiger partial charge in [-0.25, -0.2) is 9.97 Å². The molecule has 0 unspecified atom stereocenters. The standard InChI is InChI=1S/C26H24N4O2S2/c1-3-26(2)15-17-9-7-8-12-19(17)22-21(26)23(32)30(18-10-5-4-6-11-18)25(29-22)34-16-20(31)28-24-27-13-14-33-24/h4-14H,3,15-16H2,1-2H3,(H,27,28,31)/t26-/m0/s1. The number of nitrogens with zero attached hydrogens (tertiary/aromatic N) is 3. The molecule has 1 aliphatic carbocycles. The van der Waals surface area contributed by atoms with E-state index in [0.717, 1.165) is 35.3 Å². The highest BCUT2D eigenvalue weighted by molar-refractivity contribution is 7.99. The summed E-state index contributed by atoms with van der Waals surface area (Å²) in [7, 11) is 0. The highest BCUT2D eigenvalue weighted by atomic mass is 32.2. The molecule has 4 aromatic rings. The van der Waals surface area contributed by atoms with Crippen molar-refractivity contribution in [2.24, 2.45) is 0 Å². The molecule has 0 spiro atoms. The fourth-order valence-corrected chi connectivity index (χ4v) is 5.78. The van der Waals surface area contributed by atoms with Crippen LogP contribution in [0.2, 0.25) is 0 Å². The average Bonchev–Trinajstić information content (AvgIpc) is 3.36. The second-order valence-corrected chi connectivity index (χ2v) is 10.4. The van der Waals surface area contributed by atoms with Crippen molar-refractivity contribution in [3.05, 3.63) is 87.7 Å². The van der Waals surface area contributed by atoms with Crippen LogP contribution in [0.25, 0.3) is 16.9 Å². The van der Waals surface area contributed by atoms with Gasteiger partial charge in [0.25, 0.3) is 5.56 Å². The van der Waals surface area contributed by atoms with E-state index >= 15 is 0 Å². The smallest absolute Gasteiger partial charge is 0.263 e. The van der Waals surface area contributed by atoms with Gasteiger partial charge in [-0.15, -0.1) is 11.3 Å². The van der Waals surface area contributed by atoms with Crippen molar-refractivity contribution in [1.82, 2.24) is 14.5 Å². The van der Waals surface area contributed by atoms with Gasteiger partial charge in [-0.05, 0) is 30.5 Å². The van der Waals surface area contributed by atoms with Crippen molar-refractivity contribution in [3.63, 3.8) is 0 Å². The van der Waals surface area contributed by atoms with Crippen LogP contribution >= 0.6 is 23.1 Å². The summed E-state index contributed by atoms with van der Waals surface area (Å²) in [4.78, 5) is 35.8. The first-order valence-corrected chi connectivity index (χ1v) is 13.0. The number of hydrogen-bond donors (Lipinski definition) is 1. The number of amides is 1. The Kier molecular flexibility index (Phi) is 6.10. The van der Waals surface area contributed by atoms with Crippen LogP contribution in [0.1, 0.15) is 31.4 Å². The molecule has 1 aliphatic rings. The number of thioether (sulfide) groups is 1. The SMILES string of the molecule is CC[C@@]1(C)Cc2ccccc2-c2nc(SCC(=O)Nc3nccs3)n(-c3ccccc3)c(=O)c21. The third-order valence-corrected chi connectivity index (χ3v) is 7.94. The minimum Gasteiger partial charge on any atom is -0.301 e. The molecule has 1 N–H and O–H groups in total. The summed E-state index contributed by atoms with van der Waals surface area (Å²) >= 11 is 2.62. The number of anilines is 1. The van der Waals surface area contributed by atoms with Gasteiger partial charge < -0.3 is 5.32 Å². The lowest BCUT2D eigenvalue weighted by Gasteiger charge is -2.35. The monoisotopic (exact) mass is 488 g/mol. The Hall–Kier alpha value is -3.23. The van der Waals surface area contributed by atoms with E-state index in [-0.39, 0.29) is 22.6 Å². The Balaban J connectivity index is 1.64. The largest absolute Gasteiger partial charge is 0.301 e. The Morgan fingerprint density at radius 3 is 2.68 bits per heavy atom. The molecule has 2 aromatic heterocycles. The number of aromatic nitrogens is 3. The summed E-state index contributed by atoms with van der Waals surface area (Å²) in [6.45, 7) is 4.27. The fourth-order valence-electron chi connectivity index (χ4n) is 4.43. The molecule has 0 fully saturated rings. The predicted octanol–water partition coefficient (Wildman–Crippen LogP) is 5.31. The van der Waals surface area contributed by atoms with Crippen LogP contribution in [0, 0.1) is 0 Å². The summed E-state index contributed by atoms with van der Waals surface area (Å²) in [5.41, 5.74) is 4.01. The van der Waals surface area contributed by atoms with E-state index in [1.165, 1.54) is 28.7 Å². The van der Waals surface area contributed by atoms with Crippen LogP contribution < -0.4 is 10.9 Å². The number of carbonyl (C=O) groups is 1. The summed E-state index contributed by atoms with van der Waals surface area (Å²) in [5.74, 6) is -0.0741. The third kappa shape index (κ3) is 4.08. The molecule has 0 aliphatic heterocycles. The molecule has 2 heterocycles. The van der Waals surface area contributed by atoms with E-state index in [0.29, 0.717) is 10.3 Å². The number of fused-ring (bicyclic) bond motifs is 3. The number of rotatable bonds is 6. The van der Waals surface area contributed by atoms with Crippen molar-refractivity contribution in [2.75, 3.05) is 11.1 Å². The second-order valence-electron chi connectivity index (χ2n) is 8.52. The van der Waals surface area contributed by atoms with Crippen molar-refractivity contribution in [1.29, 1.82) is 0 Å². The number of carbonyl (C=O) groups excluding carboxylic acids is 1. The van der Waals surface area contributed by atoms with E-state index in [1.807, 2.05) is 53.9 Å². The fraction of sp³-hybridized carbons (Fsp3) is 0.231. The Labute approximate surface area is 206 Å². The molecule has 1 atom stereocenters. The highest BCUT2D eigenvalue weighted by Crippen LogP contribution is 2.43. The average molecular weight is 489 g/mol. The van der Waals surface area contributed by atoms with E-state index in [9.17, 15) is 9.59 Å². The molecule has 0 radical (unpaired) electrons. The van der Waals surface area contributed by atoms with Crippen molar-refractivity contribution in [3.8, 4) is 16.9 Å². The maximum Gasteiger partial charge on any atom is 0.263 e. The molecular weight excluding hydrogens is 464 g/mol. The molecule has 2 aromatic carbocycles. The Bertz CT molecular complexity index is 1400. The van der Waals surface area contributed by atoms with Crippen LogP contribution in [-0.2, 0) is 16.6 Å². The zero-order chi connectivity index (χ0) is 23.7. The van der Waals surface area contributed by atoms with E-state index in [4.69, 9.17) is 4.98 Å². The van der Waals surface area contributed by atoms with Gasteiger partial charge in [0, 0.05) is 22.6 Å². The Morgan fingerprint density at radius 2 is 1.94 bits per heavy atom. The maximum atomic E-state index is 14.1. The minimum atomic E-state index is -0.324. The van der Waals surface area contributed by atoms with Gasteiger partial charge in [0.05, 0.1) is 22.7 Å². The topological polar surface area (TPSA) is 76.9 Å². The minimum absolute atomic E-state index is 0.0714. The van der Waals surface area contributed by atoms with Crippen molar-refractivity contribution >= 4 is 34.1 Å². The van der Waals surface area contributed by atoms with Gasteiger partial charge >= 0.3 is 0 Å². The summed E-state index contributed by atoms with van der Waals surface area (Å²) in [6.07, 6.45) is 3.26. The molecule has 0 saturated heterocycles. The second kappa shape index (κ2) is 9.19. The van der Waals surface area contributed by atoms with Gasteiger partial charge in [0.15, 0.2) is 10.3 Å². The van der Waals surface area contributed by atoms with Crippen LogP contribution in [0.5, 0.6) is 0 Å². The predicted molar refractivity (Wildman–Crippen MR) is 138 cm³/mol. The first kappa shape index (κ1) is 22.6. The molecule has 6 nitrogen and oxygen atoms in total. The van der Waals surface area contributed by atoms with Gasteiger partial charge in [-0.2, -0.15) is 0 Å². The molecule has 34 heavy (non-hydrogen) atoms. The Morgan fingerprint density at radius 1 is 1.18 bits per heavy atom. The number of hydrogen-bond acceptors (Lipinski definition) is 6. The van der Waals surface area contributed by atoms with Crippen LogP contribution in [-0.4, -0.2) is 26.2 Å². The lowest BCUT2D eigenvalue weighted by Crippen LogP contribution is -2.39. The van der Waals surface area contributed by atoms with Crippen molar-refractivity contribution < 1.29 is 4.79 Å². The van der Waals surface area contributed by atoms with Gasteiger partial charge in [0.1, 0.15) is 0 Å². The summed E-state index contributed by atoms with van der Waals surface area (Å²) in [6, 6.07) is 17.7. The molecule has 1 amide bonds. The zero-order valence-corrected chi connectivity index (χ0v) is 20.6. The zero-order valence-electron chi connectivity index (χ0n) is 18.9. The van der Waals surface area contributed by atoms with E-state index < -0.39 is 0 Å². The first-order valence-electron chi connectivity index (χ1n) is 11.1. The third-order valence-electron chi connectivity index (χ3n) is 6.31. The van der Waals surface area contributed by atoms with Crippen LogP contribution in [0.3, 0.4) is 0 Å². The molecule has 5 rings (SSSR count). The molecule has 172 valence electrons. The molecule has 8 heteroatoms. The number of para-hydroxylation sites is 1. The van der Waals surface area contributed by atoms with E-state index in [1.54, 1.807) is 10.8 Å². The van der Waals surface area contributed by atoms with Crippen LogP contribution in [0.15, 0.2) is 76.1 Å². The van der Waals surface area contributed by atoms with Gasteiger partial charge in [-0.1, -0.05) is 68.1 Å². The molecular formula is C26H24N4O2S2. The number of nitrogens with one attached hydrogen (secondary N) is 1. The van der Waals surface area contributed by atoms with Gasteiger partial charge in [0.2, 0.25) is 5.91 Å². The summed E-state index contributed by atoms with van der Waals surface area (Å²) in [5, 5.41) is 5.66. The lowest BCUT2D eigenvalue weighted by molar-refractivity contribution is -0.113. The summed E-state index contributed by atoms with van der Waals surface area (Å²) < 4.78 is 1.65. The maximum absolute atomic E-state index is 14.1. The number of thiazole rings is 1. The first-order chi connectivity index (χ1) is 16.5. The van der Waals surface area contributed by atoms with E-state index in [2.05, 4.69) is 30.2 Å². The van der Waals surface area contributed by atoms with Crippen molar-refractivity contribution in [2.45, 2.75) is 37.3 Å². The van der Waals surface area contributed by atoms with Crippen LogP contribution in [0.4, 0.5) is 5.13 Å². The number of benzene rings is 2. The lowest BCUT2D eigenvalue weighted by atomic mass is 9.69. The quantitative estimate of drug-likeness (QED) is 0.294. The highest BCUT2D eigenvalue weighted by Gasteiger charge is 2.38. The molecule has 0 bridgehead atoms. The molecule has 0 saturated carbocycles. The normalized spacial score (nSPS) is 16.5.